The summed E-state index contributed by atoms with van der Waals surface area (Å²) in [6.07, 6.45) is 1.81. The van der Waals surface area contributed by atoms with Crippen molar-refractivity contribution in [3.8, 4) is 0 Å². The highest BCUT2D eigenvalue weighted by molar-refractivity contribution is 5.41. The van der Waals surface area contributed by atoms with Gasteiger partial charge in [-0.1, -0.05) is 13.8 Å². The Balaban J connectivity index is 2.70. The Bertz CT molecular complexity index is 308. The first-order chi connectivity index (χ1) is 7.67. The Hall–Kier alpha value is -1.32. The molecule has 1 aromatic heterocycles. The number of hydrogen-bond donors (Lipinski definition) is 1. The van der Waals surface area contributed by atoms with Crippen LogP contribution in [-0.2, 0) is 0 Å². The number of hydrogen-bond acceptors (Lipinski definition) is 4. The summed E-state index contributed by atoms with van der Waals surface area (Å²) in [5.74, 6) is 2.33. The van der Waals surface area contributed by atoms with Crippen LogP contribution >= 0.6 is 0 Å². The van der Waals surface area contributed by atoms with Gasteiger partial charge in [-0.25, -0.2) is 4.98 Å². The number of nitrogens with one attached hydrogen (secondary N) is 1. The first kappa shape index (κ1) is 12.7. The molecule has 0 saturated carbocycles. The van der Waals surface area contributed by atoms with Gasteiger partial charge in [0.1, 0.15) is 5.82 Å². The summed E-state index contributed by atoms with van der Waals surface area (Å²) in [5.41, 5.74) is 0. The van der Waals surface area contributed by atoms with Crippen LogP contribution in [0.25, 0.3) is 0 Å². The summed E-state index contributed by atoms with van der Waals surface area (Å²) >= 11 is 0. The van der Waals surface area contributed by atoms with Crippen LogP contribution < -0.4 is 10.2 Å². The molecule has 0 unspecified atom stereocenters. The molecule has 1 aromatic rings. The molecule has 0 amide bonds. The van der Waals surface area contributed by atoms with Crippen LogP contribution in [-0.4, -0.2) is 29.6 Å². The molecule has 0 bridgehead atoms. The molecule has 90 valence electrons. The van der Waals surface area contributed by atoms with Gasteiger partial charge in [-0.15, -0.1) is 0 Å². The van der Waals surface area contributed by atoms with Gasteiger partial charge < -0.3 is 10.2 Å². The van der Waals surface area contributed by atoms with E-state index in [9.17, 15) is 0 Å². The highest BCUT2D eigenvalue weighted by Crippen LogP contribution is 2.10. The van der Waals surface area contributed by atoms with Gasteiger partial charge in [-0.05, 0) is 25.8 Å². The van der Waals surface area contributed by atoms with E-state index in [2.05, 4.69) is 47.9 Å². The van der Waals surface area contributed by atoms with E-state index >= 15 is 0 Å². The van der Waals surface area contributed by atoms with Crippen molar-refractivity contribution in [1.82, 2.24) is 9.97 Å². The van der Waals surface area contributed by atoms with E-state index in [4.69, 9.17) is 0 Å². The molecule has 0 radical (unpaired) electrons. The van der Waals surface area contributed by atoms with E-state index in [0.29, 0.717) is 5.92 Å². The minimum absolute atomic E-state index is 0.617. The highest BCUT2D eigenvalue weighted by Gasteiger charge is 2.05. The number of nitrogens with zero attached hydrogens (tertiary/aromatic N) is 3. The molecule has 0 atom stereocenters. The Kier molecular flexibility index (Phi) is 5.02. The van der Waals surface area contributed by atoms with E-state index in [1.54, 1.807) is 0 Å². The molecule has 4 heteroatoms. The third kappa shape index (κ3) is 3.68. The van der Waals surface area contributed by atoms with Crippen molar-refractivity contribution in [1.29, 1.82) is 0 Å². The lowest BCUT2D eigenvalue weighted by Gasteiger charge is -2.19. The summed E-state index contributed by atoms with van der Waals surface area (Å²) in [7, 11) is 0. The van der Waals surface area contributed by atoms with E-state index in [-0.39, 0.29) is 0 Å². The van der Waals surface area contributed by atoms with E-state index in [1.807, 2.05) is 12.3 Å². The molecule has 4 nitrogen and oxygen atoms in total. The Labute approximate surface area is 98.1 Å². The van der Waals surface area contributed by atoms with Crippen molar-refractivity contribution in [2.45, 2.75) is 27.7 Å². The van der Waals surface area contributed by atoms with Crippen LogP contribution in [0.15, 0.2) is 12.3 Å². The fourth-order valence-corrected chi connectivity index (χ4v) is 1.41. The fraction of sp³-hybridized carbons (Fsp3) is 0.667. The lowest BCUT2D eigenvalue weighted by atomic mass is 10.2. The first-order valence-electron chi connectivity index (χ1n) is 5.99. The van der Waals surface area contributed by atoms with Gasteiger partial charge in [-0.2, -0.15) is 4.98 Å². The van der Waals surface area contributed by atoms with Gasteiger partial charge in [0.15, 0.2) is 0 Å². The molecule has 0 aliphatic rings. The maximum absolute atomic E-state index is 4.49. The summed E-state index contributed by atoms with van der Waals surface area (Å²) in [5, 5.41) is 3.31. The van der Waals surface area contributed by atoms with Crippen molar-refractivity contribution >= 4 is 11.8 Å². The second-order valence-electron chi connectivity index (χ2n) is 4.19. The lowest BCUT2D eigenvalue weighted by molar-refractivity contribution is 0.686. The summed E-state index contributed by atoms with van der Waals surface area (Å²) < 4.78 is 0. The van der Waals surface area contributed by atoms with Crippen molar-refractivity contribution in [3.63, 3.8) is 0 Å². The van der Waals surface area contributed by atoms with Gasteiger partial charge in [0.25, 0.3) is 0 Å². The van der Waals surface area contributed by atoms with Crippen LogP contribution in [0, 0.1) is 5.92 Å². The molecule has 0 aliphatic heterocycles. The molecule has 0 fully saturated rings. The largest absolute Gasteiger partial charge is 0.370 e. The number of aromatic nitrogens is 2. The smallest absolute Gasteiger partial charge is 0.227 e. The Morgan fingerprint density at radius 2 is 2.00 bits per heavy atom. The maximum atomic E-state index is 4.49. The average molecular weight is 222 g/mol. The average Bonchev–Trinajstić information content (AvgIpc) is 2.29. The van der Waals surface area contributed by atoms with Crippen molar-refractivity contribution in [3.05, 3.63) is 12.3 Å². The van der Waals surface area contributed by atoms with Crippen LogP contribution in [0.5, 0.6) is 0 Å². The highest BCUT2D eigenvalue weighted by atomic mass is 15.3. The van der Waals surface area contributed by atoms with Gasteiger partial charge in [0.05, 0.1) is 0 Å². The zero-order chi connectivity index (χ0) is 12.0. The predicted molar refractivity (Wildman–Crippen MR) is 68.9 cm³/mol. The van der Waals surface area contributed by atoms with Crippen LogP contribution in [0.3, 0.4) is 0 Å². The van der Waals surface area contributed by atoms with Crippen LogP contribution in [0.1, 0.15) is 27.7 Å². The summed E-state index contributed by atoms with van der Waals surface area (Å²) in [6, 6.07) is 1.91. The van der Waals surface area contributed by atoms with E-state index in [1.165, 1.54) is 0 Å². The minimum Gasteiger partial charge on any atom is -0.370 e. The molecule has 0 spiro atoms. The van der Waals surface area contributed by atoms with Crippen molar-refractivity contribution < 1.29 is 0 Å². The molecular formula is C12H22N4. The minimum atomic E-state index is 0.617. The van der Waals surface area contributed by atoms with Gasteiger partial charge in [0.2, 0.25) is 5.95 Å². The van der Waals surface area contributed by atoms with Gasteiger partial charge in [0, 0.05) is 25.8 Å². The first-order valence-corrected chi connectivity index (χ1v) is 5.99. The standard InChI is InChI=1S/C12H22N4/c1-5-16(6-2)12-13-8-7-11(15-12)14-9-10(3)4/h7-8,10H,5-6,9H2,1-4H3,(H,13,14,15). The van der Waals surface area contributed by atoms with Gasteiger partial charge in [-0.3, -0.25) is 0 Å². The quantitative estimate of drug-likeness (QED) is 0.802. The molecule has 16 heavy (non-hydrogen) atoms. The Morgan fingerprint density at radius 3 is 2.56 bits per heavy atom. The SMILES string of the molecule is CCN(CC)c1nccc(NCC(C)C)n1. The third-order valence-electron chi connectivity index (χ3n) is 2.38. The molecular weight excluding hydrogens is 200 g/mol. The molecule has 0 saturated heterocycles. The van der Waals surface area contributed by atoms with Crippen LogP contribution in [0.4, 0.5) is 11.8 Å². The van der Waals surface area contributed by atoms with Crippen molar-refractivity contribution in [2.75, 3.05) is 29.9 Å². The fourth-order valence-electron chi connectivity index (χ4n) is 1.41. The molecule has 0 aromatic carbocycles. The van der Waals surface area contributed by atoms with E-state index in [0.717, 1.165) is 31.4 Å². The second-order valence-corrected chi connectivity index (χ2v) is 4.19. The number of rotatable bonds is 6. The predicted octanol–water partition coefficient (Wildman–Crippen LogP) is 2.39. The summed E-state index contributed by atoms with van der Waals surface area (Å²) in [4.78, 5) is 10.9. The monoisotopic (exact) mass is 222 g/mol. The Morgan fingerprint density at radius 1 is 1.31 bits per heavy atom. The van der Waals surface area contributed by atoms with Gasteiger partial charge >= 0.3 is 0 Å². The lowest BCUT2D eigenvalue weighted by Crippen LogP contribution is -2.24. The summed E-state index contributed by atoms with van der Waals surface area (Å²) in [6.45, 7) is 11.4. The van der Waals surface area contributed by atoms with Crippen LogP contribution in [0.2, 0.25) is 0 Å². The number of anilines is 2. The molecule has 1 rings (SSSR count). The van der Waals surface area contributed by atoms with E-state index < -0.39 is 0 Å². The normalized spacial score (nSPS) is 10.6. The zero-order valence-corrected chi connectivity index (χ0v) is 10.7. The maximum Gasteiger partial charge on any atom is 0.227 e. The van der Waals surface area contributed by atoms with Crippen molar-refractivity contribution in [2.24, 2.45) is 5.92 Å². The molecule has 0 aliphatic carbocycles. The molecule has 1 heterocycles. The third-order valence-corrected chi connectivity index (χ3v) is 2.38. The molecule has 1 N–H and O–H groups in total. The second kappa shape index (κ2) is 6.30. The topological polar surface area (TPSA) is 41.1 Å². The zero-order valence-electron chi connectivity index (χ0n) is 10.7.